The maximum absolute atomic E-state index is 12.5. The number of hydrogen-bond donors (Lipinski definition) is 2. The maximum Gasteiger partial charge on any atom is 0.271 e. The third-order valence-corrected chi connectivity index (χ3v) is 6.18. The predicted molar refractivity (Wildman–Crippen MR) is 87.0 cm³/mol. The Morgan fingerprint density at radius 2 is 2.30 bits per heavy atom. The molecule has 0 aromatic carbocycles. The number of carbonyl (C=O) groups excluding carboxylic acids is 1. The molecule has 2 aromatic rings. The van der Waals surface area contributed by atoms with Crippen LogP contribution >= 0.6 is 11.3 Å². The van der Waals surface area contributed by atoms with Crippen LogP contribution in [0.1, 0.15) is 29.8 Å². The monoisotopic (exact) mass is 332 g/mol. The smallest absolute Gasteiger partial charge is 0.271 e. The lowest BCUT2D eigenvalue weighted by Gasteiger charge is -2.30. The van der Waals surface area contributed by atoms with Crippen molar-refractivity contribution in [1.82, 2.24) is 20.1 Å². The van der Waals surface area contributed by atoms with Gasteiger partial charge in [-0.05, 0) is 31.1 Å². The first-order valence-electron chi connectivity index (χ1n) is 8.02. The number of nitrogens with zero attached hydrogens (tertiary/aromatic N) is 3. The summed E-state index contributed by atoms with van der Waals surface area (Å²) in [7, 11) is 1.86. The van der Waals surface area contributed by atoms with Crippen LogP contribution in [0.15, 0.2) is 17.8 Å². The van der Waals surface area contributed by atoms with Gasteiger partial charge in [-0.2, -0.15) is 5.10 Å². The minimum Gasteiger partial charge on any atom is -0.396 e. The fourth-order valence-electron chi connectivity index (χ4n) is 4.17. The summed E-state index contributed by atoms with van der Waals surface area (Å²) in [5.41, 5.74) is 1.37. The average molecular weight is 332 g/mol. The number of carbonyl (C=O) groups is 1. The van der Waals surface area contributed by atoms with E-state index in [0.29, 0.717) is 17.5 Å². The van der Waals surface area contributed by atoms with Crippen molar-refractivity contribution >= 4 is 17.2 Å². The number of aryl methyl sites for hydroxylation is 1. The van der Waals surface area contributed by atoms with Crippen molar-refractivity contribution < 1.29 is 9.90 Å². The summed E-state index contributed by atoms with van der Waals surface area (Å²) in [5, 5.41) is 19.5. The highest BCUT2D eigenvalue weighted by atomic mass is 32.1. The van der Waals surface area contributed by atoms with Gasteiger partial charge in [-0.1, -0.05) is 0 Å². The molecular weight excluding hydrogens is 312 g/mol. The molecule has 122 valence electrons. The average Bonchev–Trinajstić information content (AvgIpc) is 3.30. The number of aliphatic hydroxyl groups is 1. The number of fused-ring (bicyclic) bond motifs is 2. The highest BCUT2D eigenvalue weighted by Gasteiger charge is 2.47. The lowest BCUT2D eigenvalue weighted by Crippen LogP contribution is -2.45. The van der Waals surface area contributed by atoms with Gasteiger partial charge in [0.1, 0.15) is 10.7 Å². The highest BCUT2D eigenvalue weighted by molar-refractivity contribution is 7.13. The Morgan fingerprint density at radius 3 is 3.04 bits per heavy atom. The van der Waals surface area contributed by atoms with Gasteiger partial charge < -0.3 is 10.4 Å². The Balaban J connectivity index is 1.48. The first-order valence-corrected chi connectivity index (χ1v) is 8.90. The van der Waals surface area contributed by atoms with E-state index in [4.69, 9.17) is 0 Å². The van der Waals surface area contributed by atoms with Gasteiger partial charge in [-0.25, -0.2) is 4.98 Å². The molecule has 2 aromatic heterocycles. The molecule has 1 amide bonds. The summed E-state index contributed by atoms with van der Waals surface area (Å²) in [6.07, 6.45) is 7.11. The Labute approximate surface area is 138 Å². The van der Waals surface area contributed by atoms with Gasteiger partial charge in [0.2, 0.25) is 0 Å². The second-order valence-electron chi connectivity index (χ2n) is 6.62. The molecule has 6 nitrogen and oxygen atoms in total. The number of aromatic nitrogens is 3. The van der Waals surface area contributed by atoms with Crippen LogP contribution in [0.4, 0.5) is 0 Å². The van der Waals surface area contributed by atoms with E-state index in [-0.39, 0.29) is 24.5 Å². The third-order valence-electron chi connectivity index (χ3n) is 5.29. The molecule has 7 heteroatoms. The zero-order valence-corrected chi connectivity index (χ0v) is 13.8. The van der Waals surface area contributed by atoms with Crippen LogP contribution in [0, 0.1) is 17.8 Å². The van der Waals surface area contributed by atoms with Gasteiger partial charge in [0.25, 0.3) is 5.91 Å². The van der Waals surface area contributed by atoms with E-state index >= 15 is 0 Å². The van der Waals surface area contributed by atoms with E-state index in [0.717, 1.165) is 23.4 Å². The van der Waals surface area contributed by atoms with Crippen molar-refractivity contribution in [3.05, 3.63) is 23.5 Å². The van der Waals surface area contributed by atoms with Crippen molar-refractivity contribution in [2.45, 2.75) is 25.3 Å². The SMILES string of the molecule is Cn1cc(-c2nc(C(=O)NC3C4CCC(C4)C3CO)cs2)cn1. The largest absolute Gasteiger partial charge is 0.396 e. The van der Waals surface area contributed by atoms with E-state index in [9.17, 15) is 9.90 Å². The van der Waals surface area contributed by atoms with Crippen LogP contribution in [0.25, 0.3) is 10.6 Å². The molecule has 2 N–H and O–H groups in total. The molecule has 0 radical (unpaired) electrons. The molecule has 2 heterocycles. The van der Waals surface area contributed by atoms with Crippen LogP contribution in [0.3, 0.4) is 0 Å². The Morgan fingerprint density at radius 1 is 1.48 bits per heavy atom. The van der Waals surface area contributed by atoms with E-state index in [1.807, 2.05) is 13.2 Å². The number of aliphatic hydroxyl groups excluding tert-OH is 1. The minimum absolute atomic E-state index is 0.0924. The van der Waals surface area contributed by atoms with E-state index in [2.05, 4.69) is 15.4 Å². The minimum atomic E-state index is -0.132. The van der Waals surface area contributed by atoms with Crippen molar-refractivity contribution in [3.8, 4) is 10.6 Å². The molecule has 2 aliphatic carbocycles. The van der Waals surface area contributed by atoms with Crippen LogP contribution in [-0.4, -0.2) is 38.4 Å². The van der Waals surface area contributed by atoms with E-state index in [1.165, 1.54) is 17.8 Å². The van der Waals surface area contributed by atoms with Gasteiger partial charge in [0.05, 0.1) is 6.20 Å². The Bertz CT molecular complexity index is 725. The first-order chi connectivity index (χ1) is 11.2. The van der Waals surface area contributed by atoms with Crippen LogP contribution < -0.4 is 5.32 Å². The van der Waals surface area contributed by atoms with Crippen molar-refractivity contribution in [2.24, 2.45) is 24.8 Å². The number of hydrogen-bond acceptors (Lipinski definition) is 5. The van der Waals surface area contributed by atoms with Crippen LogP contribution in [0.5, 0.6) is 0 Å². The van der Waals surface area contributed by atoms with E-state index in [1.54, 1.807) is 16.3 Å². The van der Waals surface area contributed by atoms with Gasteiger partial charge in [-0.3, -0.25) is 9.48 Å². The number of nitrogens with one attached hydrogen (secondary N) is 1. The van der Waals surface area contributed by atoms with Gasteiger partial charge >= 0.3 is 0 Å². The third kappa shape index (κ3) is 2.57. The lowest BCUT2D eigenvalue weighted by molar-refractivity contribution is 0.0857. The molecular formula is C16H20N4O2S. The van der Waals surface area contributed by atoms with Crippen LogP contribution in [-0.2, 0) is 7.05 Å². The Hall–Kier alpha value is -1.73. The van der Waals surface area contributed by atoms with Crippen LogP contribution in [0.2, 0.25) is 0 Å². The molecule has 2 fully saturated rings. The number of amides is 1. The van der Waals surface area contributed by atoms with Crippen molar-refractivity contribution in [2.75, 3.05) is 6.61 Å². The quantitative estimate of drug-likeness (QED) is 0.893. The number of rotatable bonds is 4. The van der Waals surface area contributed by atoms with Gasteiger partial charge in [-0.15, -0.1) is 11.3 Å². The molecule has 2 saturated carbocycles. The summed E-state index contributed by atoms with van der Waals surface area (Å²) in [4.78, 5) is 17.0. The summed E-state index contributed by atoms with van der Waals surface area (Å²) >= 11 is 1.45. The molecule has 0 aliphatic heterocycles. The summed E-state index contributed by atoms with van der Waals surface area (Å²) in [6, 6.07) is 0.0924. The molecule has 2 bridgehead atoms. The first kappa shape index (κ1) is 14.8. The second-order valence-corrected chi connectivity index (χ2v) is 7.48. The van der Waals surface area contributed by atoms with E-state index < -0.39 is 0 Å². The fourth-order valence-corrected chi connectivity index (χ4v) is 4.94. The summed E-state index contributed by atoms with van der Waals surface area (Å²) in [6.45, 7) is 0.157. The summed E-state index contributed by atoms with van der Waals surface area (Å²) in [5.74, 6) is 1.15. The molecule has 4 rings (SSSR count). The normalized spacial score (nSPS) is 29.1. The fraction of sp³-hybridized carbons (Fsp3) is 0.562. The molecule has 23 heavy (non-hydrogen) atoms. The molecule has 4 unspecified atom stereocenters. The van der Waals surface area contributed by atoms with Crippen molar-refractivity contribution in [3.63, 3.8) is 0 Å². The van der Waals surface area contributed by atoms with Crippen molar-refractivity contribution in [1.29, 1.82) is 0 Å². The lowest BCUT2D eigenvalue weighted by atomic mass is 9.85. The van der Waals surface area contributed by atoms with Gasteiger partial charge in [0, 0.05) is 42.8 Å². The topological polar surface area (TPSA) is 80.0 Å². The standard InChI is InChI=1S/C16H20N4O2S/c1-20-6-11(5-17-20)16-18-13(8-23-16)15(22)19-14-10-3-2-9(4-10)12(14)7-21/h5-6,8-10,12,14,21H,2-4,7H2,1H3,(H,19,22). The zero-order valence-electron chi connectivity index (χ0n) is 13.0. The molecule has 0 saturated heterocycles. The maximum atomic E-state index is 12.5. The predicted octanol–water partition coefficient (Wildman–Crippen LogP) is 1.68. The molecule has 2 aliphatic rings. The summed E-state index contributed by atoms with van der Waals surface area (Å²) < 4.78 is 1.72. The zero-order chi connectivity index (χ0) is 16.0. The molecule has 0 spiro atoms. The second kappa shape index (κ2) is 5.72. The highest BCUT2D eigenvalue weighted by Crippen LogP contribution is 2.48. The van der Waals surface area contributed by atoms with Gasteiger partial charge in [0.15, 0.2) is 0 Å². The Kier molecular flexibility index (Phi) is 3.69. The molecule has 4 atom stereocenters. The number of thiazole rings is 1.